The molecule has 0 radical (unpaired) electrons. The van der Waals surface area contributed by atoms with Crippen LogP contribution in [0.1, 0.15) is 10.7 Å². The fourth-order valence-electron chi connectivity index (χ4n) is 2.73. The van der Waals surface area contributed by atoms with E-state index in [1.54, 1.807) is 28.9 Å². The number of ether oxygens (including phenoxy) is 1. The Kier molecular flexibility index (Phi) is 6.80. The average molecular weight is 473 g/mol. The lowest BCUT2D eigenvalue weighted by molar-refractivity contribution is -0.115. The highest BCUT2D eigenvalue weighted by atomic mass is 35.5. The van der Waals surface area contributed by atoms with Crippen molar-refractivity contribution in [3.05, 3.63) is 69.6 Å². The van der Waals surface area contributed by atoms with Crippen LogP contribution in [0.3, 0.4) is 0 Å². The number of hydrogen-bond donors (Lipinski definition) is 1. The predicted molar refractivity (Wildman–Crippen MR) is 121 cm³/mol. The van der Waals surface area contributed by atoms with Gasteiger partial charge in [0.25, 0.3) is 0 Å². The summed E-state index contributed by atoms with van der Waals surface area (Å²) in [6, 6.07) is 14.5. The molecule has 0 aliphatic rings. The molecule has 1 N–H and O–H groups in total. The minimum Gasteiger partial charge on any atom is -0.486 e. The Morgan fingerprint density at radius 3 is 2.90 bits per heavy atom. The Morgan fingerprint density at radius 1 is 1.26 bits per heavy atom. The molecule has 0 saturated heterocycles. The van der Waals surface area contributed by atoms with E-state index in [1.165, 1.54) is 23.1 Å². The predicted octanol–water partition coefficient (Wildman–Crippen LogP) is 4.25. The summed E-state index contributed by atoms with van der Waals surface area (Å²) in [4.78, 5) is 17.0. The van der Waals surface area contributed by atoms with Crippen LogP contribution in [0, 0.1) is 0 Å². The highest BCUT2D eigenvalue weighted by Crippen LogP contribution is 2.20. The summed E-state index contributed by atoms with van der Waals surface area (Å²) < 4.78 is 7.32. The second kappa shape index (κ2) is 9.90. The van der Waals surface area contributed by atoms with Gasteiger partial charge in [0.1, 0.15) is 17.4 Å². The summed E-state index contributed by atoms with van der Waals surface area (Å²) >= 11 is 8.77. The number of benzene rings is 2. The standard InChI is InChI=1S/C20H17ClN6O2S2/c1-30-20-24-25-26-27(20)16-4-2-3-14(9-16)22-18(28)10-15-12-31-19(23-15)11-29-17-7-5-13(21)6-8-17/h2-9,12H,10-11H2,1H3,(H,22,28). The molecule has 0 unspecified atom stereocenters. The van der Waals surface area contributed by atoms with Crippen LogP contribution < -0.4 is 10.1 Å². The van der Waals surface area contributed by atoms with Crippen molar-refractivity contribution >= 4 is 46.3 Å². The van der Waals surface area contributed by atoms with E-state index in [0.717, 1.165) is 10.7 Å². The summed E-state index contributed by atoms with van der Waals surface area (Å²) in [5.74, 6) is 0.556. The number of rotatable bonds is 8. The molecule has 0 aliphatic carbocycles. The number of halogens is 1. The second-order valence-electron chi connectivity index (χ2n) is 6.33. The first-order valence-electron chi connectivity index (χ1n) is 9.15. The number of carbonyl (C=O) groups excluding carboxylic acids is 1. The molecule has 31 heavy (non-hydrogen) atoms. The van der Waals surface area contributed by atoms with Crippen LogP contribution in [0.4, 0.5) is 5.69 Å². The van der Waals surface area contributed by atoms with Crippen LogP contribution in [0.2, 0.25) is 5.02 Å². The number of anilines is 1. The van der Waals surface area contributed by atoms with Crippen molar-refractivity contribution in [1.82, 2.24) is 25.2 Å². The van der Waals surface area contributed by atoms with Gasteiger partial charge in [0.05, 0.1) is 17.8 Å². The van der Waals surface area contributed by atoms with Gasteiger partial charge in [0.2, 0.25) is 11.1 Å². The molecule has 0 saturated carbocycles. The summed E-state index contributed by atoms with van der Waals surface area (Å²) in [7, 11) is 0. The molecule has 1 amide bonds. The zero-order chi connectivity index (χ0) is 21.6. The monoisotopic (exact) mass is 472 g/mol. The molecule has 2 aromatic heterocycles. The van der Waals surface area contributed by atoms with Gasteiger partial charge in [-0.05, 0) is 59.1 Å². The molecule has 4 rings (SSSR count). The van der Waals surface area contributed by atoms with Gasteiger partial charge in [-0.2, -0.15) is 4.68 Å². The summed E-state index contributed by atoms with van der Waals surface area (Å²) in [5.41, 5.74) is 2.12. The van der Waals surface area contributed by atoms with Crippen LogP contribution in [0.25, 0.3) is 5.69 Å². The van der Waals surface area contributed by atoms with E-state index in [9.17, 15) is 4.79 Å². The smallest absolute Gasteiger partial charge is 0.230 e. The van der Waals surface area contributed by atoms with Gasteiger partial charge < -0.3 is 10.1 Å². The zero-order valence-electron chi connectivity index (χ0n) is 16.4. The van der Waals surface area contributed by atoms with Crippen LogP contribution >= 0.6 is 34.7 Å². The maximum absolute atomic E-state index is 12.5. The Balaban J connectivity index is 1.34. The van der Waals surface area contributed by atoms with Crippen LogP contribution in [-0.2, 0) is 17.8 Å². The van der Waals surface area contributed by atoms with Crippen molar-refractivity contribution in [3.8, 4) is 11.4 Å². The molecule has 4 aromatic rings. The van der Waals surface area contributed by atoms with Gasteiger partial charge in [-0.3, -0.25) is 4.79 Å². The molecule has 0 spiro atoms. The van der Waals surface area contributed by atoms with E-state index in [1.807, 2.05) is 35.9 Å². The third-order valence-electron chi connectivity index (χ3n) is 4.11. The van der Waals surface area contributed by atoms with Crippen LogP contribution in [0.15, 0.2) is 59.1 Å². The molecule has 0 atom stereocenters. The first kappa shape index (κ1) is 21.3. The number of amides is 1. The number of thioether (sulfide) groups is 1. The SMILES string of the molecule is CSc1nnnn1-c1cccc(NC(=O)Cc2csc(COc3ccc(Cl)cc3)n2)c1. The van der Waals surface area contributed by atoms with Crippen molar-refractivity contribution in [2.75, 3.05) is 11.6 Å². The molecule has 2 heterocycles. The Hall–Kier alpha value is -2.95. The normalized spacial score (nSPS) is 10.8. The third-order valence-corrected chi connectivity index (χ3v) is 5.86. The lowest BCUT2D eigenvalue weighted by Crippen LogP contribution is -2.15. The van der Waals surface area contributed by atoms with Crippen molar-refractivity contribution < 1.29 is 9.53 Å². The highest BCUT2D eigenvalue weighted by molar-refractivity contribution is 7.98. The minimum absolute atomic E-state index is 0.158. The minimum atomic E-state index is -0.158. The quantitative estimate of drug-likeness (QED) is 0.383. The number of aromatic nitrogens is 5. The van der Waals surface area contributed by atoms with Gasteiger partial charge >= 0.3 is 0 Å². The number of nitrogens with zero attached hydrogens (tertiary/aromatic N) is 5. The molecule has 158 valence electrons. The lowest BCUT2D eigenvalue weighted by Gasteiger charge is -2.07. The van der Waals surface area contributed by atoms with Crippen molar-refractivity contribution in [2.45, 2.75) is 18.2 Å². The van der Waals surface area contributed by atoms with E-state index < -0.39 is 0 Å². The maximum atomic E-state index is 12.5. The maximum Gasteiger partial charge on any atom is 0.230 e. The number of hydrogen-bond acceptors (Lipinski definition) is 8. The summed E-state index contributed by atoms with van der Waals surface area (Å²) in [6.07, 6.45) is 2.07. The molecule has 0 aliphatic heterocycles. The molecule has 0 fully saturated rings. The van der Waals surface area contributed by atoms with Crippen molar-refractivity contribution in [1.29, 1.82) is 0 Å². The fraction of sp³-hybridized carbons (Fsp3) is 0.150. The number of nitrogens with one attached hydrogen (secondary N) is 1. The average Bonchev–Trinajstić information content (AvgIpc) is 3.42. The van der Waals surface area contributed by atoms with Gasteiger partial charge in [-0.1, -0.05) is 29.4 Å². The van der Waals surface area contributed by atoms with Gasteiger partial charge in [0.15, 0.2) is 0 Å². The Bertz CT molecular complexity index is 1180. The van der Waals surface area contributed by atoms with E-state index in [-0.39, 0.29) is 12.3 Å². The second-order valence-corrected chi connectivity index (χ2v) is 8.48. The first-order chi connectivity index (χ1) is 15.1. The molecular formula is C20H17ClN6O2S2. The van der Waals surface area contributed by atoms with E-state index >= 15 is 0 Å². The Morgan fingerprint density at radius 2 is 2.10 bits per heavy atom. The van der Waals surface area contributed by atoms with E-state index in [2.05, 4.69) is 25.8 Å². The number of thiazole rings is 1. The van der Waals surface area contributed by atoms with Crippen molar-refractivity contribution in [3.63, 3.8) is 0 Å². The van der Waals surface area contributed by atoms with Gasteiger partial charge in [0, 0.05) is 16.1 Å². The molecule has 11 heteroatoms. The van der Waals surface area contributed by atoms with Crippen molar-refractivity contribution in [2.24, 2.45) is 0 Å². The van der Waals surface area contributed by atoms with E-state index in [4.69, 9.17) is 16.3 Å². The van der Waals surface area contributed by atoms with Crippen LogP contribution in [-0.4, -0.2) is 37.4 Å². The largest absolute Gasteiger partial charge is 0.486 e. The van der Waals surface area contributed by atoms with E-state index in [0.29, 0.717) is 33.9 Å². The number of carbonyl (C=O) groups is 1. The first-order valence-corrected chi connectivity index (χ1v) is 11.6. The molecule has 0 bridgehead atoms. The highest BCUT2D eigenvalue weighted by Gasteiger charge is 2.11. The third kappa shape index (κ3) is 5.60. The fourth-order valence-corrected chi connectivity index (χ4v) is 3.99. The summed E-state index contributed by atoms with van der Waals surface area (Å²) in [6.45, 7) is 0.333. The topological polar surface area (TPSA) is 94.8 Å². The summed E-state index contributed by atoms with van der Waals surface area (Å²) in [5, 5.41) is 18.5. The lowest BCUT2D eigenvalue weighted by atomic mass is 10.2. The zero-order valence-corrected chi connectivity index (χ0v) is 18.7. The molecular weight excluding hydrogens is 456 g/mol. The van der Waals surface area contributed by atoms with Gasteiger partial charge in [-0.15, -0.1) is 16.4 Å². The van der Waals surface area contributed by atoms with Gasteiger partial charge in [-0.25, -0.2) is 4.98 Å². The Labute approximate surface area is 191 Å². The molecule has 2 aromatic carbocycles. The van der Waals surface area contributed by atoms with Crippen LogP contribution in [0.5, 0.6) is 5.75 Å². The molecule has 8 nitrogen and oxygen atoms in total. The number of tetrazole rings is 1.